The Balaban J connectivity index is 1.96. The molecule has 1 aromatic carbocycles. The molecule has 2 rings (SSSR count). The molecule has 14 heavy (non-hydrogen) atoms. The molecular weight excluding hydrogens is 172 g/mol. The van der Waals surface area contributed by atoms with Gasteiger partial charge in [-0.05, 0) is 43.4 Å². The van der Waals surface area contributed by atoms with Crippen LogP contribution in [-0.2, 0) is 0 Å². The van der Waals surface area contributed by atoms with E-state index in [1.54, 1.807) is 6.07 Å². The summed E-state index contributed by atoms with van der Waals surface area (Å²) >= 11 is 0. The normalized spacial score (nSPS) is 27.2. The van der Waals surface area contributed by atoms with Crippen molar-refractivity contribution in [2.45, 2.75) is 38.7 Å². The molecule has 0 heterocycles. The minimum atomic E-state index is 0.391. The van der Waals surface area contributed by atoms with Gasteiger partial charge in [-0.2, -0.15) is 0 Å². The summed E-state index contributed by atoms with van der Waals surface area (Å²) in [6.45, 7) is 2.28. The van der Waals surface area contributed by atoms with Gasteiger partial charge in [-0.25, -0.2) is 0 Å². The lowest BCUT2D eigenvalue weighted by Crippen LogP contribution is -2.28. The Bertz CT molecular complexity index is 268. The molecule has 1 fully saturated rings. The van der Waals surface area contributed by atoms with Crippen molar-refractivity contribution in [3.05, 3.63) is 30.3 Å². The SMILES string of the molecule is CC1CCCCC1Oc1[c]c[c]cc1. The van der Waals surface area contributed by atoms with Gasteiger partial charge in [0.15, 0.2) is 0 Å². The van der Waals surface area contributed by atoms with Gasteiger partial charge in [0.05, 0.1) is 0 Å². The zero-order valence-corrected chi connectivity index (χ0v) is 8.62. The maximum Gasteiger partial charge on any atom is 0.127 e. The van der Waals surface area contributed by atoms with Crippen molar-refractivity contribution in [3.8, 4) is 5.75 Å². The van der Waals surface area contributed by atoms with E-state index < -0.39 is 0 Å². The zero-order valence-electron chi connectivity index (χ0n) is 8.62. The molecule has 0 bridgehead atoms. The van der Waals surface area contributed by atoms with Crippen LogP contribution >= 0.6 is 0 Å². The molecule has 2 unspecified atom stereocenters. The average molecular weight is 188 g/mol. The summed E-state index contributed by atoms with van der Waals surface area (Å²) in [4.78, 5) is 0. The van der Waals surface area contributed by atoms with Crippen LogP contribution in [0.15, 0.2) is 18.2 Å². The van der Waals surface area contributed by atoms with Crippen LogP contribution in [0.1, 0.15) is 32.6 Å². The monoisotopic (exact) mass is 188 g/mol. The standard InChI is InChI=1S/C13H16O/c1-11-7-5-6-10-13(11)14-12-8-3-2-4-9-12/h3-4,8,11,13H,5-7,10H2,1H3. The van der Waals surface area contributed by atoms with Crippen LogP contribution in [0.4, 0.5) is 0 Å². The Labute approximate surface area is 86.1 Å². The van der Waals surface area contributed by atoms with Crippen LogP contribution in [-0.4, -0.2) is 6.10 Å². The first kappa shape index (κ1) is 9.57. The van der Waals surface area contributed by atoms with Crippen LogP contribution in [0.25, 0.3) is 0 Å². The minimum absolute atomic E-state index is 0.391. The Kier molecular flexibility index (Phi) is 3.07. The van der Waals surface area contributed by atoms with Crippen molar-refractivity contribution in [1.29, 1.82) is 0 Å². The van der Waals surface area contributed by atoms with Gasteiger partial charge in [0.1, 0.15) is 11.9 Å². The smallest absolute Gasteiger partial charge is 0.127 e. The molecule has 1 aliphatic rings. The van der Waals surface area contributed by atoms with E-state index in [0.29, 0.717) is 12.0 Å². The van der Waals surface area contributed by atoms with E-state index in [4.69, 9.17) is 4.74 Å². The minimum Gasteiger partial charge on any atom is -0.490 e. The van der Waals surface area contributed by atoms with Gasteiger partial charge in [0.2, 0.25) is 0 Å². The number of hydrogen-bond donors (Lipinski definition) is 0. The van der Waals surface area contributed by atoms with E-state index in [1.165, 1.54) is 25.7 Å². The Hall–Kier alpha value is -0.980. The van der Waals surface area contributed by atoms with E-state index in [2.05, 4.69) is 19.1 Å². The molecule has 1 nitrogen and oxygen atoms in total. The van der Waals surface area contributed by atoms with Gasteiger partial charge in [0.25, 0.3) is 0 Å². The second kappa shape index (κ2) is 4.50. The average Bonchev–Trinajstić information content (AvgIpc) is 2.23. The predicted octanol–water partition coefficient (Wildman–Crippen LogP) is 3.24. The van der Waals surface area contributed by atoms with Gasteiger partial charge >= 0.3 is 0 Å². The molecule has 0 aliphatic heterocycles. The molecular formula is C13H16O. The van der Waals surface area contributed by atoms with Crippen LogP contribution in [0.5, 0.6) is 5.75 Å². The van der Waals surface area contributed by atoms with Crippen molar-refractivity contribution in [2.75, 3.05) is 0 Å². The second-order valence-corrected chi connectivity index (χ2v) is 4.07. The molecule has 74 valence electrons. The van der Waals surface area contributed by atoms with Crippen LogP contribution < -0.4 is 4.74 Å². The highest BCUT2D eigenvalue weighted by Crippen LogP contribution is 2.27. The van der Waals surface area contributed by atoms with E-state index in [1.807, 2.05) is 12.1 Å². The fraction of sp³-hybridized carbons (Fsp3) is 0.538. The zero-order chi connectivity index (χ0) is 9.80. The van der Waals surface area contributed by atoms with E-state index in [-0.39, 0.29) is 0 Å². The molecule has 2 atom stereocenters. The van der Waals surface area contributed by atoms with Crippen molar-refractivity contribution in [2.24, 2.45) is 5.92 Å². The highest BCUT2D eigenvalue weighted by atomic mass is 16.5. The van der Waals surface area contributed by atoms with E-state index in [9.17, 15) is 0 Å². The molecule has 1 aliphatic carbocycles. The van der Waals surface area contributed by atoms with Crippen molar-refractivity contribution in [1.82, 2.24) is 0 Å². The third-order valence-electron chi connectivity index (χ3n) is 2.94. The lowest BCUT2D eigenvalue weighted by Gasteiger charge is -2.29. The fourth-order valence-electron chi connectivity index (χ4n) is 2.03. The molecule has 2 radical (unpaired) electrons. The summed E-state index contributed by atoms with van der Waals surface area (Å²) in [6, 6.07) is 11.6. The summed E-state index contributed by atoms with van der Waals surface area (Å²) < 4.78 is 5.89. The quantitative estimate of drug-likeness (QED) is 0.692. The van der Waals surface area contributed by atoms with Gasteiger partial charge in [0, 0.05) is 6.07 Å². The van der Waals surface area contributed by atoms with E-state index in [0.717, 1.165) is 5.75 Å². The lowest BCUT2D eigenvalue weighted by molar-refractivity contribution is 0.102. The molecule has 0 spiro atoms. The van der Waals surface area contributed by atoms with Crippen molar-refractivity contribution in [3.63, 3.8) is 0 Å². The maximum absolute atomic E-state index is 5.89. The number of benzene rings is 1. The topological polar surface area (TPSA) is 9.23 Å². The largest absolute Gasteiger partial charge is 0.490 e. The summed E-state index contributed by atoms with van der Waals surface area (Å²) in [6.07, 6.45) is 5.53. The fourth-order valence-corrected chi connectivity index (χ4v) is 2.03. The molecule has 1 saturated carbocycles. The molecule has 1 aromatic rings. The molecule has 0 saturated heterocycles. The first-order chi connectivity index (χ1) is 6.86. The van der Waals surface area contributed by atoms with Crippen LogP contribution in [0.3, 0.4) is 0 Å². The van der Waals surface area contributed by atoms with Gasteiger partial charge in [-0.15, -0.1) is 0 Å². The first-order valence-corrected chi connectivity index (χ1v) is 5.41. The van der Waals surface area contributed by atoms with Crippen LogP contribution in [0.2, 0.25) is 0 Å². The molecule has 0 aromatic heterocycles. The second-order valence-electron chi connectivity index (χ2n) is 4.07. The predicted molar refractivity (Wildman–Crippen MR) is 56.2 cm³/mol. The number of rotatable bonds is 2. The van der Waals surface area contributed by atoms with Gasteiger partial charge in [-0.3, -0.25) is 0 Å². The first-order valence-electron chi connectivity index (χ1n) is 5.41. The van der Waals surface area contributed by atoms with Gasteiger partial charge in [-0.1, -0.05) is 19.4 Å². The summed E-state index contributed by atoms with van der Waals surface area (Å²) in [7, 11) is 0. The lowest BCUT2D eigenvalue weighted by atomic mass is 9.88. The Morgan fingerprint density at radius 1 is 1.36 bits per heavy atom. The summed E-state index contributed by atoms with van der Waals surface area (Å²) in [5.74, 6) is 1.55. The summed E-state index contributed by atoms with van der Waals surface area (Å²) in [5.41, 5.74) is 0. The third-order valence-corrected chi connectivity index (χ3v) is 2.94. The molecule has 0 N–H and O–H groups in total. The maximum atomic E-state index is 5.89. The highest BCUT2D eigenvalue weighted by molar-refractivity contribution is 5.19. The van der Waals surface area contributed by atoms with Crippen molar-refractivity contribution < 1.29 is 4.74 Å². The van der Waals surface area contributed by atoms with Crippen molar-refractivity contribution >= 4 is 0 Å². The molecule has 1 heteroatoms. The van der Waals surface area contributed by atoms with Crippen LogP contribution in [0, 0.1) is 18.1 Å². The van der Waals surface area contributed by atoms with E-state index >= 15 is 0 Å². The number of hydrogen-bond acceptors (Lipinski definition) is 1. The van der Waals surface area contributed by atoms with Gasteiger partial charge < -0.3 is 4.74 Å². The molecule has 0 amide bonds. The summed E-state index contributed by atoms with van der Waals surface area (Å²) in [5, 5.41) is 0. The Morgan fingerprint density at radius 2 is 2.21 bits per heavy atom. The number of ether oxygens (including phenoxy) is 1. The highest BCUT2D eigenvalue weighted by Gasteiger charge is 2.22. The Morgan fingerprint density at radius 3 is 2.93 bits per heavy atom. The third kappa shape index (κ3) is 2.28.